The number of carbonyl (C=O) groups is 2. The van der Waals surface area contributed by atoms with Crippen molar-refractivity contribution < 1.29 is 35.9 Å². The average molecular weight is 415 g/mol. The summed E-state index contributed by atoms with van der Waals surface area (Å²) < 4.78 is 59.7. The highest BCUT2D eigenvalue weighted by molar-refractivity contribution is 7.90. The summed E-state index contributed by atoms with van der Waals surface area (Å²) in [5.74, 6) is -1.68. The van der Waals surface area contributed by atoms with Gasteiger partial charge in [-0.05, 0) is 27.7 Å². The summed E-state index contributed by atoms with van der Waals surface area (Å²) in [4.78, 5) is 22.7. The minimum Gasteiger partial charge on any atom is -0.461 e. The van der Waals surface area contributed by atoms with Gasteiger partial charge in [0.25, 0.3) is 0 Å². The van der Waals surface area contributed by atoms with Crippen LogP contribution < -0.4 is 9.44 Å². The molecule has 0 atom stereocenters. The van der Waals surface area contributed by atoms with E-state index in [4.69, 9.17) is 9.47 Å². The number of sulfonamides is 2. The predicted molar refractivity (Wildman–Crippen MR) is 95.2 cm³/mol. The Hall–Kier alpha value is -1.50. The summed E-state index contributed by atoms with van der Waals surface area (Å²) in [6, 6.07) is 0. The highest BCUT2D eigenvalue weighted by Crippen LogP contribution is 1.96. The smallest absolute Gasteiger partial charge is 0.331 e. The zero-order valence-corrected chi connectivity index (χ0v) is 16.9. The fraction of sp³-hybridized carbons (Fsp3) is 0.714. The van der Waals surface area contributed by atoms with E-state index in [1.54, 1.807) is 0 Å². The van der Waals surface area contributed by atoms with Gasteiger partial charge >= 0.3 is 11.9 Å². The third-order valence-corrected chi connectivity index (χ3v) is 6.59. The maximum absolute atomic E-state index is 11.4. The maximum atomic E-state index is 11.4. The minimum atomic E-state index is -3.43. The van der Waals surface area contributed by atoms with Gasteiger partial charge in [0.2, 0.25) is 20.0 Å². The summed E-state index contributed by atoms with van der Waals surface area (Å²) in [6.07, 6.45) is 1.66. The van der Waals surface area contributed by atoms with Gasteiger partial charge in [-0.3, -0.25) is 0 Å². The van der Waals surface area contributed by atoms with Crippen molar-refractivity contribution in [3.63, 3.8) is 0 Å². The molecule has 0 radical (unpaired) electrons. The molecule has 0 aliphatic rings. The van der Waals surface area contributed by atoms with E-state index in [0.29, 0.717) is 0 Å². The van der Waals surface area contributed by atoms with E-state index in [2.05, 4.69) is 9.44 Å². The third kappa shape index (κ3) is 10.5. The van der Waals surface area contributed by atoms with Crippen LogP contribution in [-0.4, -0.2) is 65.6 Å². The standard InChI is InChI=1S/C14H26N2O8S2/c1-11(2)25(19,20)15-7-9-23-13(17)5-6-14(18)24-10-8-16-26(21,22)12(3)4/h5-6,11-12,15-16H,7-10H2,1-4H3/b6-5+. The van der Waals surface area contributed by atoms with Crippen molar-refractivity contribution in [2.75, 3.05) is 26.3 Å². The van der Waals surface area contributed by atoms with Crippen molar-refractivity contribution in [3.05, 3.63) is 12.2 Å². The highest BCUT2D eigenvalue weighted by Gasteiger charge is 2.15. The van der Waals surface area contributed by atoms with E-state index in [1.165, 1.54) is 27.7 Å². The molecule has 0 amide bonds. The van der Waals surface area contributed by atoms with Crippen molar-refractivity contribution in [3.8, 4) is 0 Å². The van der Waals surface area contributed by atoms with Crippen molar-refractivity contribution in [2.45, 2.75) is 38.2 Å². The quantitative estimate of drug-likeness (QED) is 0.242. The summed E-state index contributed by atoms with van der Waals surface area (Å²) in [5, 5.41) is -1.20. The number of ether oxygens (including phenoxy) is 2. The van der Waals surface area contributed by atoms with E-state index in [0.717, 1.165) is 12.2 Å². The monoisotopic (exact) mass is 414 g/mol. The van der Waals surface area contributed by atoms with Crippen LogP contribution in [0.15, 0.2) is 12.2 Å². The molecule has 0 aromatic carbocycles. The zero-order chi connectivity index (χ0) is 20.4. The average Bonchev–Trinajstić information content (AvgIpc) is 2.53. The molecule has 0 aromatic heterocycles. The van der Waals surface area contributed by atoms with Crippen LogP contribution in [0.5, 0.6) is 0 Å². The van der Waals surface area contributed by atoms with E-state index < -0.39 is 42.5 Å². The first-order valence-electron chi connectivity index (χ1n) is 7.87. The van der Waals surface area contributed by atoms with Crippen LogP contribution in [0.4, 0.5) is 0 Å². The number of esters is 2. The Morgan fingerprint density at radius 1 is 0.769 bits per heavy atom. The van der Waals surface area contributed by atoms with Gasteiger partial charge in [0.1, 0.15) is 13.2 Å². The lowest BCUT2D eigenvalue weighted by Crippen LogP contribution is -2.33. The molecule has 0 aliphatic carbocycles. The summed E-state index contributed by atoms with van der Waals surface area (Å²) in [7, 11) is -6.87. The second-order valence-corrected chi connectivity index (χ2v) is 10.3. The van der Waals surface area contributed by atoms with Crippen molar-refractivity contribution >= 4 is 32.0 Å². The molecule has 10 nitrogen and oxygen atoms in total. The van der Waals surface area contributed by atoms with Crippen molar-refractivity contribution in [1.82, 2.24) is 9.44 Å². The molecule has 0 saturated heterocycles. The highest BCUT2D eigenvalue weighted by atomic mass is 32.2. The molecule has 26 heavy (non-hydrogen) atoms. The van der Waals surface area contributed by atoms with Crippen LogP contribution in [0.2, 0.25) is 0 Å². The lowest BCUT2D eigenvalue weighted by Gasteiger charge is -2.09. The van der Waals surface area contributed by atoms with E-state index in [9.17, 15) is 26.4 Å². The number of hydrogen-bond acceptors (Lipinski definition) is 8. The van der Waals surface area contributed by atoms with E-state index in [1.807, 2.05) is 0 Å². The van der Waals surface area contributed by atoms with Crippen LogP contribution in [0.1, 0.15) is 27.7 Å². The first kappa shape index (κ1) is 24.5. The van der Waals surface area contributed by atoms with Gasteiger partial charge in [-0.2, -0.15) is 0 Å². The molecule has 2 N–H and O–H groups in total. The summed E-state index contributed by atoms with van der Waals surface area (Å²) in [6.45, 7) is 5.49. The topological polar surface area (TPSA) is 145 Å². The molecule has 0 aliphatic heterocycles. The van der Waals surface area contributed by atoms with Gasteiger partial charge in [-0.25, -0.2) is 35.9 Å². The number of carbonyl (C=O) groups excluding carboxylic acids is 2. The molecule has 0 heterocycles. The lowest BCUT2D eigenvalue weighted by atomic mass is 10.5. The number of rotatable bonds is 12. The summed E-state index contributed by atoms with van der Waals surface area (Å²) in [5.41, 5.74) is 0. The number of nitrogens with one attached hydrogen (secondary N) is 2. The Labute approximate surface area is 154 Å². The second-order valence-electron chi connectivity index (χ2n) is 5.64. The Bertz CT molecular complexity index is 636. The molecule has 0 saturated carbocycles. The first-order chi connectivity index (χ1) is 11.9. The van der Waals surface area contributed by atoms with Gasteiger partial charge in [0.05, 0.1) is 10.5 Å². The van der Waals surface area contributed by atoms with Gasteiger partial charge in [0.15, 0.2) is 0 Å². The SMILES string of the molecule is CC(C)S(=O)(=O)NCCOC(=O)/C=C/C(=O)OCCNS(=O)(=O)C(C)C. The van der Waals surface area contributed by atoms with Crippen molar-refractivity contribution in [1.29, 1.82) is 0 Å². The Balaban J connectivity index is 4.01. The number of hydrogen-bond donors (Lipinski definition) is 2. The molecule has 152 valence electrons. The fourth-order valence-electron chi connectivity index (χ4n) is 1.24. The molecule has 0 fully saturated rings. The van der Waals surface area contributed by atoms with Crippen LogP contribution in [0.3, 0.4) is 0 Å². The second kappa shape index (κ2) is 11.3. The Morgan fingerprint density at radius 3 is 1.35 bits per heavy atom. The van der Waals surface area contributed by atoms with E-state index in [-0.39, 0.29) is 26.3 Å². The maximum Gasteiger partial charge on any atom is 0.331 e. The minimum absolute atomic E-state index is 0.0828. The van der Waals surface area contributed by atoms with Crippen LogP contribution >= 0.6 is 0 Å². The molecule has 0 rings (SSSR count). The van der Waals surface area contributed by atoms with Gasteiger partial charge in [0, 0.05) is 25.2 Å². The van der Waals surface area contributed by atoms with Crippen LogP contribution in [-0.2, 0) is 39.1 Å². The van der Waals surface area contributed by atoms with Crippen molar-refractivity contribution in [2.24, 2.45) is 0 Å². The van der Waals surface area contributed by atoms with E-state index >= 15 is 0 Å². The van der Waals surface area contributed by atoms with Crippen LogP contribution in [0, 0.1) is 0 Å². The Morgan fingerprint density at radius 2 is 1.08 bits per heavy atom. The first-order valence-corrected chi connectivity index (χ1v) is 11.0. The predicted octanol–water partition coefficient (Wildman–Crippen LogP) is -0.715. The molecule has 0 bridgehead atoms. The molecule has 0 aromatic rings. The summed E-state index contributed by atoms with van der Waals surface area (Å²) >= 11 is 0. The zero-order valence-electron chi connectivity index (χ0n) is 15.2. The largest absolute Gasteiger partial charge is 0.461 e. The molecular weight excluding hydrogens is 388 g/mol. The van der Waals surface area contributed by atoms with Gasteiger partial charge < -0.3 is 9.47 Å². The molecular formula is C14H26N2O8S2. The normalized spacial score (nSPS) is 12.7. The Kier molecular flexibility index (Phi) is 10.6. The van der Waals surface area contributed by atoms with Gasteiger partial charge in [-0.15, -0.1) is 0 Å². The van der Waals surface area contributed by atoms with Crippen LogP contribution in [0.25, 0.3) is 0 Å². The third-order valence-electron chi connectivity index (χ3n) is 2.90. The lowest BCUT2D eigenvalue weighted by molar-refractivity contribution is -0.140. The molecule has 0 unspecified atom stereocenters. The van der Waals surface area contributed by atoms with Gasteiger partial charge in [-0.1, -0.05) is 0 Å². The molecule has 12 heteroatoms. The fourth-order valence-corrected chi connectivity index (χ4v) is 2.64. The molecule has 0 spiro atoms.